The van der Waals surface area contributed by atoms with Crippen LogP contribution in [0.4, 0.5) is 0 Å². The molecule has 2 aromatic rings. The molecule has 0 heterocycles. The highest BCUT2D eigenvalue weighted by Gasteiger charge is 2.04. The number of hydrogen-bond donors (Lipinski definition) is 0. The number of methoxy groups -OCH3 is 1. The van der Waals surface area contributed by atoms with E-state index in [9.17, 15) is 10.1 Å². The Morgan fingerprint density at radius 2 is 2.06 bits per heavy atom. The Balaban J connectivity index is 2.56. The summed E-state index contributed by atoms with van der Waals surface area (Å²) in [7, 11) is 1.32. The van der Waals surface area contributed by atoms with Gasteiger partial charge in [0.15, 0.2) is 0 Å². The van der Waals surface area contributed by atoms with E-state index in [2.05, 4.69) is 10.8 Å². The second kappa shape index (κ2) is 5.15. The van der Waals surface area contributed by atoms with Crippen molar-refractivity contribution in [2.75, 3.05) is 7.11 Å². The first-order chi connectivity index (χ1) is 8.76. The molecular weight excluding hydrogens is 226 g/mol. The number of nitriles is 1. The fourth-order valence-electron chi connectivity index (χ4n) is 1.78. The first kappa shape index (κ1) is 11.9. The number of ether oxygens (including phenoxy) is 1. The minimum absolute atomic E-state index is 0.438. The molecule has 3 nitrogen and oxygen atoms in total. The highest BCUT2D eigenvalue weighted by atomic mass is 16.5. The van der Waals surface area contributed by atoms with Crippen molar-refractivity contribution in [1.29, 1.82) is 5.26 Å². The maximum Gasteiger partial charge on any atom is 0.330 e. The van der Waals surface area contributed by atoms with Crippen molar-refractivity contribution in [1.82, 2.24) is 0 Å². The van der Waals surface area contributed by atoms with E-state index >= 15 is 0 Å². The van der Waals surface area contributed by atoms with Crippen LogP contribution in [0.5, 0.6) is 0 Å². The van der Waals surface area contributed by atoms with Gasteiger partial charge in [0.05, 0.1) is 12.7 Å². The van der Waals surface area contributed by atoms with E-state index in [1.54, 1.807) is 6.08 Å². The van der Waals surface area contributed by atoms with Crippen LogP contribution in [0.3, 0.4) is 0 Å². The molecule has 18 heavy (non-hydrogen) atoms. The van der Waals surface area contributed by atoms with Crippen LogP contribution in [-0.4, -0.2) is 13.1 Å². The minimum Gasteiger partial charge on any atom is -0.466 e. The van der Waals surface area contributed by atoms with Gasteiger partial charge in [-0.1, -0.05) is 36.4 Å². The molecule has 2 rings (SSSR count). The van der Waals surface area contributed by atoms with Crippen LogP contribution < -0.4 is 0 Å². The summed E-state index contributed by atoms with van der Waals surface area (Å²) in [6.45, 7) is 0. The molecule has 2 aromatic carbocycles. The van der Waals surface area contributed by atoms with Crippen molar-refractivity contribution >= 4 is 22.8 Å². The molecule has 0 aliphatic carbocycles. The quantitative estimate of drug-likeness (QED) is 0.596. The number of hydrogen-bond acceptors (Lipinski definition) is 3. The smallest absolute Gasteiger partial charge is 0.330 e. The van der Waals surface area contributed by atoms with Crippen LogP contribution in [0.1, 0.15) is 11.1 Å². The van der Waals surface area contributed by atoms with Crippen molar-refractivity contribution in [2.24, 2.45) is 0 Å². The molecule has 0 bridgehead atoms. The van der Waals surface area contributed by atoms with Gasteiger partial charge in [-0.05, 0) is 17.0 Å². The third-order valence-corrected chi connectivity index (χ3v) is 2.67. The highest BCUT2D eigenvalue weighted by Crippen LogP contribution is 2.22. The van der Waals surface area contributed by atoms with Crippen molar-refractivity contribution in [2.45, 2.75) is 0 Å². The van der Waals surface area contributed by atoms with Crippen LogP contribution in [-0.2, 0) is 9.53 Å². The zero-order valence-electron chi connectivity index (χ0n) is 9.88. The number of nitrogens with zero attached hydrogens (tertiary/aromatic N) is 1. The van der Waals surface area contributed by atoms with Crippen LogP contribution >= 0.6 is 0 Å². The molecule has 0 fully saturated rings. The SMILES string of the molecule is COC(=O)/C=C/c1ccc2ccccc2c1C#N. The fraction of sp³-hybridized carbons (Fsp3) is 0.0667. The molecule has 0 amide bonds. The topological polar surface area (TPSA) is 50.1 Å². The van der Waals surface area contributed by atoms with Gasteiger partial charge in [0.1, 0.15) is 6.07 Å². The molecule has 0 spiro atoms. The lowest BCUT2D eigenvalue weighted by Crippen LogP contribution is -1.94. The van der Waals surface area contributed by atoms with Crippen LogP contribution in [0.15, 0.2) is 42.5 Å². The summed E-state index contributed by atoms with van der Waals surface area (Å²) in [6.07, 6.45) is 2.90. The van der Waals surface area contributed by atoms with Crippen molar-refractivity contribution < 1.29 is 9.53 Å². The predicted molar refractivity (Wildman–Crippen MR) is 69.7 cm³/mol. The summed E-state index contributed by atoms with van der Waals surface area (Å²) in [6, 6.07) is 13.6. The Morgan fingerprint density at radius 1 is 1.28 bits per heavy atom. The third-order valence-electron chi connectivity index (χ3n) is 2.67. The summed E-state index contributed by atoms with van der Waals surface area (Å²) in [5, 5.41) is 11.1. The van der Waals surface area contributed by atoms with E-state index in [0.717, 1.165) is 10.8 Å². The summed E-state index contributed by atoms with van der Waals surface area (Å²) in [5.41, 5.74) is 1.27. The fourth-order valence-corrected chi connectivity index (χ4v) is 1.78. The third kappa shape index (κ3) is 2.23. The molecule has 0 saturated heterocycles. The Kier molecular flexibility index (Phi) is 3.40. The van der Waals surface area contributed by atoms with Crippen LogP contribution in [0.2, 0.25) is 0 Å². The molecule has 0 unspecified atom stereocenters. The molecule has 0 aromatic heterocycles. The summed E-state index contributed by atoms with van der Waals surface area (Å²) in [4.78, 5) is 11.1. The molecular formula is C15H11NO2. The summed E-state index contributed by atoms with van der Waals surface area (Å²) in [5.74, 6) is -0.438. The first-order valence-corrected chi connectivity index (χ1v) is 5.44. The van der Waals surface area contributed by atoms with Gasteiger partial charge in [0.2, 0.25) is 0 Å². The van der Waals surface area contributed by atoms with E-state index in [1.807, 2.05) is 36.4 Å². The highest BCUT2D eigenvalue weighted by molar-refractivity contribution is 5.93. The minimum atomic E-state index is -0.438. The number of esters is 1. The lowest BCUT2D eigenvalue weighted by molar-refractivity contribution is -0.134. The van der Waals surface area contributed by atoms with E-state index < -0.39 is 5.97 Å². The number of carbonyl (C=O) groups excluding carboxylic acids is 1. The molecule has 0 aliphatic heterocycles. The van der Waals surface area contributed by atoms with Crippen molar-refractivity contribution in [3.8, 4) is 6.07 Å². The normalized spacial score (nSPS) is 10.4. The van der Waals surface area contributed by atoms with Gasteiger partial charge >= 0.3 is 5.97 Å². The van der Waals surface area contributed by atoms with Gasteiger partial charge in [0.25, 0.3) is 0 Å². The maximum absolute atomic E-state index is 11.1. The second-order valence-corrected chi connectivity index (χ2v) is 3.72. The summed E-state index contributed by atoms with van der Waals surface area (Å²) < 4.78 is 4.52. The van der Waals surface area contributed by atoms with Crippen molar-refractivity contribution in [3.05, 3.63) is 53.6 Å². The van der Waals surface area contributed by atoms with Crippen molar-refractivity contribution in [3.63, 3.8) is 0 Å². The first-order valence-electron chi connectivity index (χ1n) is 5.44. The van der Waals surface area contributed by atoms with Crippen LogP contribution in [0.25, 0.3) is 16.8 Å². The average molecular weight is 237 g/mol. The largest absolute Gasteiger partial charge is 0.466 e. The van der Waals surface area contributed by atoms with Gasteiger partial charge in [-0.2, -0.15) is 5.26 Å². The number of benzene rings is 2. The predicted octanol–water partition coefficient (Wildman–Crippen LogP) is 2.90. The van der Waals surface area contributed by atoms with E-state index in [1.165, 1.54) is 13.2 Å². The van der Waals surface area contributed by atoms with Gasteiger partial charge in [-0.15, -0.1) is 0 Å². The zero-order valence-corrected chi connectivity index (χ0v) is 9.88. The molecule has 0 aliphatic rings. The molecule has 3 heteroatoms. The Morgan fingerprint density at radius 3 is 2.78 bits per heavy atom. The zero-order chi connectivity index (χ0) is 13.0. The maximum atomic E-state index is 11.1. The van der Waals surface area contributed by atoms with Gasteiger partial charge in [0, 0.05) is 11.5 Å². The lowest BCUT2D eigenvalue weighted by atomic mass is 9.99. The van der Waals surface area contributed by atoms with E-state index in [0.29, 0.717) is 11.1 Å². The number of fused-ring (bicyclic) bond motifs is 1. The standard InChI is InChI=1S/C15H11NO2/c1-18-15(17)9-8-12-7-6-11-4-2-3-5-13(11)14(12)10-16/h2-9H,1H3/b9-8+. The second-order valence-electron chi connectivity index (χ2n) is 3.72. The molecule has 0 radical (unpaired) electrons. The van der Waals surface area contributed by atoms with Gasteiger partial charge in [-0.25, -0.2) is 4.79 Å². The Hall–Kier alpha value is -2.60. The van der Waals surface area contributed by atoms with Crippen LogP contribution in [0, 0.1) is 11.3 Å². The van der Waals surface area contributed by atoms with E-state index in [-0.39, 0.29) is 0 Å². The Bertz CT molecular complexity index is 666. The lowest BCUT2D eigenvalue weighted by Gasteiger charge is -2.03. The van der Waals surface area contributed by atoms with Gasteiger partial charge in [-0.3, -0.25) is 0 Å². The average Bonchev–Trinajstić information content (AvgIpc) is 2.43. The molecule has 0 N–H and O–H groups in total. The summed E-state index contributed by atoms with van der Waals surface area (Å²) >= 11 is 0. The van der Waals surface area contributed by atoms with E-state index in [4.69, 9.17) is 0 Å². The number of carbonyl (C=O) groups is 1. The monoisotopic (exact) mass is 237 g/mol. The molecule has 88 valence electrons. The Labute approximate surface area is 105 Å². The molecule has 0 atom stereocenters. The molecule has 0 saturated carbocycles. The van der Waals surface area contributed by atoms with Gasteiger partial charge < -0.3 is 4.74 Å². The number of rotatable bonds is 2.